The lowest BCUT2D eigenvalue weighted by Crippen LogP contribution is -2.42. The Morgan fingerprint density at radius 3 is 2.88 bits per heavy atom. The number of ether oxygens (including phenoxy) is 1. The summed E-state index contributed by atoms with van der Waals surface area (Å²) in [5, 5.41) is 10.6. The number of amides is 1. The Morgan fingerprint density at radius 1 is 1.27 bits per heavy atom. The van der Waals surface area contributed by atoms with Gasteiger partial charge >= 0.3 is 0 Å². The van der Waals surface area contributed by atoms with Crippen LogP contribution in [0.4, 0.5) is 0 Å². The first-order valence-corrected chi connectivity index (χ1v) is 9.42. The first kappa shape index (κ1) is 17.1. The second-order valence-corrected chi connectivity index (χ2v) is 7.33. The van der Waals surface area contributed by atoms with E-state index in [0.717, 1.165) is 54.9 Å². The Bertz CT molecular complexity index is 806. The van der Waals surface area contributed by atoms with Gasteiger partial charge in [-0.2, -0.15) is 5.10 Å². The lowest BCUT2D eigenvalue weighted by Gasteiger charge is -2.32. The monoisotopic (exact) mass is 354 g/mol. The van der Waals surface area contributed by atoms with Crippen LogP contribution in [0.2, 0.25) is 0 Å². The van der Waals surface area contributed by atoms with Crippen LogP contribution >= 0.6 is 0 Å². The number of likely N-dealkylation sites (tertiary alicyclic amines) is 1. The minimum atomic E-state index is 0.0383. The summed E-state index contributed by atoms with van der Waals surface area (Å²) in [6.45, 7) is 7.23. The number of H-pyrrole nitrogens is 1. The molecule has 26 heavy (non-hydrogen) atoms. The molecule has 0 saturated carbocycles. The van der Waals surface area contributed by atoms with E-state index in [2.05, 4.69) is 47.6 Å². The van der Waals surface area contributed by atoms with Crippen LogP contribution in [0.25, 0.3) is 0 Å². The van der Waals surface area contributed by atoms with E-state index in [1.807, 2.05) is 4.90 Å². The van der Waals surface area contributed by atoms with E-state index in [-0.39, 0.29) is 12.0 Å². The van der Waals surface area contributed by atoms with Gasteiger partial charge in [0.1, 0.15) is 11.9 Å². The van der Waals surface area contributed by atoms with Gasteiger partial charge in [-0.1, -0.05) is 12.1 Å². The highest BCUT2D eigenvalue weighted by Crippen LogP contribution is 2.25. The van der Waals surface area contributed by atoms with E-state index in [1.54, 1.807) is 0 Å². The van der Waals surface area contributed by atoms with Crippen molar-refractivity contribution in [2.24, 2.45) is 0 Å². The third-order valence-corrected chi connectivity index (χ3v) is 5.38. The SMILES string of the molecule is Cc1ccc(C)c(OC2CCN(C(=O)c3n[nH]c4c3CNCC4)CC2)c1. The maximum absolute atomic E-state index is 12.9. The van der Waals surface area contributed by atoms with Crippen LogP contribution < -0.4 is 10.1 Å². The van der Waals surface area contributed by atoms with Crippen molar-refractivity contribution in [3.05, 3.63) is 46.3 Å². The van der Waals surface area contributed by atoms with E-state index in [1.165, 1.54) is 5.56 Å². The number of nitrogens with one attached hydrogen (secondary N) is 2. The van der Waals surface area contributed by atoms with Gasteiger partial charge in [0.05, 0.1) is 0 Å². The quantitative estimate of drug-likeness (QED) is 0.888. The van der Waals surface area contributed by atoms with Gasteiger partial charge in [-0.3, -0.25) is 9.89 Å². The first-order valence-electron chi connectivity index (χ1n) is 9.42. The molecule has 0 unspecified atom stereocenters. The summed E-state index contributed by atoms with van der Waals surface area (Å²) < 4.78 is 6.21. The summed E-state index contributed by atoms with van der Waals surface area (Å²) >= 11 is 0. The van der Waals surface area contributed by atoms with Crippen LogP contribution in [0.1, 0.15) is 45.7 Å². The molecule has 1 aromatic carbocycles. The molecule has 2 aromatic rings. The molecule has 0 aliphatic carbocycles. The Balaban J connectivity index is 1.38. The molecule has 1 fully saturated rings. The molecule has 3 heterocycles. The Kier molecular flexibility index (Phi) is 4.68. The van der Waals surface area contributed by atoms with Crippen LogP contribution in [-0.2, 0) is 13.0 Å². The number of hydrogen-bond donors (Lipinski definition) is 2. The highest BCUT2D eigenvalue weighted by atomic mass is 16.5. The zero-order valence-corrected chi connectivity index (χ0v) is 15.5. The molecular formula is C20H26N4O2. The van der Waals surface area contributed by atoms with Crippen LogP contribution in [0, 0.1) is 13.8 Å². The lowest BCUT2D eigenvalue weighted by molar-refractivity contribution is 0.0587. The van der Waals surface area contributed by atoms with Crippen molar-refractivity contribution in [3.8, 4) is 5.75 Å². The molecule has 2 aliphatic heterocycles. The molecule has 0 atom stereocenters. The highest BCUT2D eigenvalue weighted by Gasteiger charge is 2.29. The van der Waals surface area contributed by atoms with Gasteiger partial charge in [0, 0.05) is 56.7 Å². The van der Waals surface area contributed by atoms with Gasteiger partial charge < -0.3 is 15.0 Å². The average Bonchev–Trinajstić information content (AvgIpc) is 3.09. The topological polar surface area (TPSA) is 70.2 Å². The number of piperidine rings is 1. The minimum Gasteiger partial charge on any atom is -0.490 e. The molecule has 2 N–H and O–H groups in total. The molecule has 4 rings (SSSR count). The van der Waals surface area contributed by atoms with E-state index < -0.39 is 0 Å². The fourth-order valence-electron chi connectivity index (χ4n) is 3.74. The summed E-state index contributed by atoms with van der Waals surface area (Å²) in [6.07, 6.45) is 2.77. The zero-order chi connectivity index (χ0) is 18.1. The van der Waals surface area contributed by atoms with E-state index in [0.29, 0.717) is 18.8 Å². The largest absolute Gasteiger partial charge is 0.490 e. The van der Waals surface area contributed by atoms with E-state index >= 15 is 0 Å². The molecule has 0 bridgehead atoms. The van der Waals surface area contributed by atoms with Crippen LogP contribution in [0.3, 0.4) is 0 Å². The minimum absolute atomic E-state index is 0.0383. The van der Waals surface area contributed by atoms with Gasteiger partial charge in [-0.15, -0.1) is 0 Å². The second-order valence-electron chi connectivity index (χ2n) is 7.33. The fourth-order valence-corrected chi connectivity index (χ4v) is 3.74. The lowest BCUT2D eigenvalue weighted by atomic mass is 10.0. The summed E-state index contributed by atoms with van der Waals surface area (Å²) in [5.74, 6) is 0.999. The highest BCUT2D eigenvalue weighted by molar-refractivity contribution is 5.94. The Hall–Kier alpha value is -2.34. The smallest absolute Gasteiger partial charge is 0.274 e. The van der Waals surface area contributed by atoms with Crippen molar-refractivity contribution in [2.75, 3.05) is 19.6 Å². The van der Waals surface area contributed by atoms with Crippen LogP contribution in [0.15, 0.2) is 18.2 Å². The van der Waals surface area contributed by atoms with Crippen molar-refractivity contribution in [1.82, 2.24) is 20.4 Å². The number of aryl methyl sites for hydroxylation is 2. The summed E-state index contributed by atoms with van der Waals surface area (Å²) in [6, 6.07) is 6.29. The normalized spacial score (nSPS) is 17.8. The van der Waals surface area contributed by atoms with E-state index in [9.17, 15) is 4.79 Å². The predicted octanol–water partition coefficient (Wildman–Crippen LogP) is 2.36. The molecule has 0 spiro atoms. The molecule has 1 amide bonds. The average molecular weight is 354 g/mol. The van der Waals surface area contributed by atoms with Gasteiger partial charge in [0.2, 0.25) is 0 Å². The van der Waals surface area contributed by atoms with Gasteiger partial charge in [-0.05, 0) is 31.0 Å². The van der Waals surface area contributed by atoms with Crippen molar-refractivity contribution >= 4 is 5.91 Å². The molecular weight excluding hydrogens is 328 g/mol. The molecule has 0 radical (unpaired) electrons. The number of carbonyl (C=O) groups is 1. The maximum Gasteiger partial charge on any atom is 0.274 e. The molecule has 6 nitrogen and oxygen atoms in total. The predicted molar refractivity (Wildman–Crippen MR) is 99.5 cm³/mol. The summed E-state index contributed by atoms with van der Waals surface area (Å²) in [4.78, 5) is 14.8. The Labute approximate surface area is 153 Å². The molecule has 2 aliphatic rings. The number of aromatic amines is 1. The molecule has 138 valence electrons. The number of hydrogen-bond acceptors (Lipinski definition) is 4. The number of carbonyl (C=O) groups excluding carboxylic acids is 1. The van der Waals surface area contributed by atoms with Crippen LogP contribution in [-0.4, -0.2) is 46.7 Å². The van der Waals surface area contributed by atoms with Crippen molar-refractivity contribution in [3.63, 3.8) is 0 Å². The van der Waals surface area contributed by atoms with Crippen molar-refractivity contribution in [1.29, 1.82) is 0 Å². The fraction of sp³-hybridized carbons (Fsp3) is 0.500. The number of fused-ring (bicyclic) bond motifs is 1. The number of rotatable bonds is 3. The molecule has 1 aromatic heterocycles. The number of aromatic nitrogens is 2. The zero-order valence-electron chi connectivity index (χ0n) is 15.5. The second kappa shape index (κ2) is 7.11. The molecule has 1 saturated heterocycles. The number of benzene rings is 1. The van der Waals surface area contributed by atoms with Crippen LogP contribution in [0.5, 0.6) is 5.75 Å². The first-order chi connectivity index (χ1) is 12.6. The van der Waals surface area contributed by atoms with Gasteiger partial charge in [0.25, 0.3) is 5.91 Å². The number of nitrogens with zero attached hydrogens (tertiary/aromatic N) is 2. The van der Waals surface area contributed by atoms with Crippen molar-refractivity contribution in [2.45, 2.75) is 45.8 Å². The van der Waals surface area contributed by atoms with Gasteiger partial charge in [-0.25, -0.2) is 0 Å². The maximum atomic E-state index is 12.9. The third-order valence-electron chi connectivity index (χ3n) is 5.38. The van der Waals surface area contributed by atoms with Crippen molar-refractivity contribution < 1.29 is 9.53 Å². The molecule has 6 heteroatoms. The summed E-state index contributed by atoms with van der Waals surface area (Å²) in [5.41, 5.74) is 5.08. The standard InChI is InChI=1S/C20H26N4O2/c1-13-3-4-14(2)18(11-13)26-15-6-9-24(10-7-15)20(25)19-16-12-21-8-5-17(16)22-23-19/h3-4,11,15,21H,5-10,12H2,1-2H3,(H,22,23). The Morgan fingerprint density at radius 2 is 2.08 bits per heavy atom. The third kappa shape index (κ3) is 3.33. The summed E-state index contributed by atoms with van der Waals surface area (Å²) in [7, 11) is 0. The van der Waals surface area contributed by atoms with E-state index in [4.69, 9.17) is 4.74 Å². The van der Waals surface area contributed by atoms with Gasteiger partial charge in [0.15, 0.2) is 5.69 Å².